The highest BCUT2D eigenvalue weighted by Crippen LogP contribution is 2.48. The molecule has 0 amide bonds. The van der Waals surface area contributed by atoms with E-state index in [2.05, 4.69) is 19.1 Å². The lowest BCUT2D eigenvalue weighted by Gasteiger charge is -2.25. The average Bonchev–Trinajstić information content (AvgIpc) is 2.74. The van der Waals surface area contributed by atoms with E-state index in [1.807, 2.05) is 0 Å². The van der Waals surface area contributed by atoms with Gasteiger partial charge in [-0.3, -0.25) is 0 Å². The van der Waals surface area contributed by atoms with E-state index in [1.165, 1.54) is 32.1 Å². The largest absolute Gasteiger partial charge is 0.0851 e. The monoisotopic (exact) mass is 174 g/mol. The smallest absolute Gasteiger partial charge is 0.0703 e. The predicted molar refractivity (Wildman–Crippen MR) is 57.9 cm³/mol. The van der Waals surface area contributed by atoms with Gasteiger partial charge in [0.25, 0.3) is 0 Å². The molecule has 1 heteroatoms. The SMILES string of the molecule is [B]C(CCCC)C1CC2C=CC1C2. The van der Waals surface area contributed by atoms with Crippen molar-refractivity contribution in [3.8, 4) is 0 Å². The second-order valence-electron chi connectivity index (χ2n) is 4.75. The molecule has 2 aliphatic rings. The maximum atomic E-state index is 6.22. The maximum Gasteiger partial charge on any atom is 0.0703 e. The van der Waals surface area contributed by atoms with Crippen molar-refractivity contribution >= 4 is 7.85 Å². The lowest BCUT2D eigenvalue weighted by atomic mass is 9.68. The Kier molecular flexibility index (Phi) is 2.81. The van der Waals surface area contributed by atoms with Crippen molar-refractivity contribution in [2.75, 3.05) is 0 Å². The van der Waals surface area contributed by atoms with Gasteiger partial charge in [0.2, 0.25) is 0 Å². The molecule has 1 fully saturated rings. The normalized spacial score (nSPS) is 38.4. The molecule has 0 N–H and O–H groups in total. The zero-order valence-electron chi connectivity index (χ0n) is 8.58. The van der Waals surface area contributed by atoms with Crippen molar-refractivity contribution in [3.63, 3.8) is 0 Å². The summed E-state index contributed by atoms with van der Waals surface area (Å²) >= 11 is 0. The highest BCUT2D eigenvalue weighted by molar-refractivity contribution is 6.11. The summed E-state index contributed by atoms with van der Waals surface area (Å²) in [7, 11) is 6.22. The molecule has 4 atom stereocenters. The van der Waals surface area contributed by atoms with Crippen LogP contribution in [0.2, 0.25) is 5.82 Å². The highest BCUT2D eigenvalue weighted by Gasteiger charge is 2.37. The van der Waals surface area contributed by atoms with Crippen LogP contribution in [0.5, 0.6) is 0 Å². The number of fused-ring (bicyclic) bond motifs is 2. The lowest BCUT2D eigenvalue weighted by Crippen LogP contribution is -2.14. The number of rotatable bonds is 4. The second-order valence-corrected chi connectivity index (χ2v) is 4.75. The first-order valence-electron chi connectivity index (χ1n) is 5.75. The molecule has 2 radical (unpaired) electrons. The van der Waals surface area contributed by atoms with Crippen LogP contribution in [0.25, 0.3) is 0 Å². The lowest BCUT2D eigenvalue weighted by molar-refractivity contribution is 0.398. The summed E-state index contributed by atoms with van der Waals surface area (Å²) in [6.45, 7) is 2.24. The van der Waals surface area contributed by atoms with Gasteiger partial charge < -0.3 is 0 Å². The van der Waals surface area contributed by atoms with Crippen LogP contribution in [0.4, 0.5) is 0 Å². The summed E-state index contributed by atoms with van der Waals surface area (Å²) in [5.41, 5.74) is 0. The Hall–Kier alpha value is -0.195. The number of unbranched alkanes of at least 4 members (excludes halogenated alkanes) is 1. The van der Waals surface area contributed by atoms with Crippen LogP contribution in [0.3, 0.4) is 0 Å². The fourth-order valence-corrected chi connectivity index (χ4v) is 2.97. The molecule has 0 nitrogen and oxygen atoms in total. The van der Waals surface area contributed by atoms with E-state index in [4.69, 9.17) is 7.85 Å². The van der Waals surface area contributed by atoms with Gasteiger partial charge >= 0.3 is 0 Å². The molecule has 0 aromatic heterocycles. The third-order valence-corrected chi connectivity index (χ3v) is 3.77. The molecule has 0 spiro atoms. The van der Waals surface area contributed by atoms with Crippen molar-refractivity contribution in [1.29, 1.82) is 0 Å². The third kappa shape index (κ3) is 1.84. The van der Waals surface area contributed by atoms with Gasteiger partial charge in [0.05, 0.1) is 7.85 Å². The Balaban J connectivity index is 1.84. The highest BCUT2D eigenvalue weighted by atomic mass is 14.4. The molecule has 2 rings (SSSR count). The van der Waals surface area contributed by atoms with E-state index in [0.717, 1.165) is 17.8 Å². The van der Waals surface area contributed by atoms with Gasteiger partial charge in [-0.15, -0.1) is 0 Å². The summed E-state index contributed by atoms with van der Waals surface area (Å²) in [5, 5.41) is 0. The second kappa shape index (κ2) is 3.90. The van der Waals surface area contributed by atoms with Gasteiger partial charge in [0.15, 0.2) is 0 Å². The Morgan fingerprint density at radius 2 is 2.23 bits per heavy atom. The average molecular weight is 174 g/mol. The first kappa shape index (κ1) is 9.36. The molecule has 4 unspecified atom stereocenters. The molecular formula is C12H19B. The van der Waals surface area contributed by atoms with Crippen LogP contribution in [0.15, 0.2) is 12.2 Å². The van der Waals surface area contributed by atoms with E-state index in [-0.39, 0.29) is 0 Å². The van der Waals surface area contributed by atoms with E-state index in [1.54, 1.807) is 0 Å². The molecule has 0 aromatic carbocycles. The fourth-order valence-electron chi connectivity index (χ4n) is 2.97. The molecule has 0 aromatic rings. The van der Waals surface area contributed by atoms with Crippen molar-refractivity contribution in [2.45, 2.75) is 44.8 Å². The summed E-state index contributed by atoms with van der Waals surface area (Å²) in [6, 6.07) is 0. The summed E-state index contributed by atoms with van der Waals surface area (Å²) in [4.78, 5) is 0. The van der Waals surface area contributed by atoms with Crippen LogP contribution < -0.4 is 0 Å². The first-order valence-corrected chi connectivity index (χ1v) is 5.75. The van der Waals surface area contributed by atoms with Gasteiger partial charge in [-0.05, 0) is 30.6 Å². The van der Waals surface area contributed by atoms with Gasteiger partial charge in [-0.2, -0.15) is 0 Å². The number of allylic oxidation sites excluding steroid dienone is 2. The molecule has 2 aliphatic carbocycles. The Morgan fingerprint density at radius 1 is 1.38 bits per heavy atom. The molecule has 0 aliphatic heterocycles. The number of hydrogen-bond donors (Lipinski definition) is 0. The maximum absolute atomic E-state index is 6.22. The molecule has 0 saturated heterocycles. The van der Waals surface area contributed by atoms with Crippen molar-refractivity contribution in [1.82, 2.24) is 0 Å². The van der Waals surface area contributed by atoms with Crippen LogP contribution in [0.1, 0.15) is 39.0 Å². The summed E-state index contributed by atoms with van der Waals surface area (Å²) < 4.78 is 0. The minimum atomic E-state index is 0.472. The van der Waals surface area contributed by atoms with E-state index in [9.17, 15) is 0 Å². The Bertz CT molecular complexity index is 197. The van der Waals surface area contributed by atoms with Crippen molar-refractivity contribution < 1.29 is 0 Å². The van der Waals surface area contributed by atoms with Gasteiger partial charge in [0, 0.05) is 0 Å². The topological polar surface area (TPSA) is 0 Å². The van der Waals surface area contributed by atoms with Crippen LogP contribution in [0, 0.1) is 17.8 Å². The molecule has 0 heterocycles. The molecule has 1 saturated carbocycles. The quantitative estimate of drug-likeness (QED) is 0.452. The molecule has 13 heavy (non-hydrogen) atoms. The van der Waals surface area contributed by atoms with E-state index < -0.39 is 0 Å². The van der Waals surface area contributed by atoms with Crippen LogP contribution in [-0.2, 0) is 0 Å². The van der Waals surface area contributed by atoms with Gasteiger partial charge in [0.1, 0.15) is 0 Å². The number of hydrogen-bond acceptors (Lipinski definition) is 0. The van der Waals surface area contributed by atoms with E-state index in [0.29, 0.717) is 5.82 Å². The van der Waals surface area contributed by atoms with Crippen molar-refractivity contribution in [2.24, 2.45) is 17.8 Å². The van der Waals surface area contributed by atoms with Crippen molar-refractivity contribution in [3.05, 3.63) is 12.2 Å². The van der Waals surface area contributed by atoms with E-state index >= 15 is 0 Å². The minimum Gasteiger partial charge on any atom is -0.0851 e. The fraction of sp³-hybridized carbons (Fsp3) is 0.833. The Morgan fingerprint density at radius 3 is 2.77 bits per heavy atom. The zero-order chi connectivity index (χ0) is 9.26. The Labute approximate surface area is 83.2 Å². The first-order chi connectivity index (χ1) is 6.31. The van der Waals surface area contributed by atoms with Crippen LogP contribution >= 0.6 is 0 Å². The van der Waals surface area contributed by atoms with Crippen LogP contribution in [-0.4, -0.2) is 7.85 Å². The predicted octanol–water partition coefficient (Wildman–Crippen LogP) is 3.35. The molecular weight excluding hydrogens is 155 g/mol. The third-order valence-electron chi connectivity index (χ3n) is 3.77. The molecule has 70 valence electrons. The summed E-state index contributed by atoms with van der Waals surface area (Å²) in [6.07, 6.45) is 11.4. The zero-order valence-corrected chi connectivity index (χ0v) is 8.58. The van der Waals surface area contributed by atoms with Gasteiger partial charge in [-0.1, -0.05) is 44.2 Å². The standard InChI is InChI=1S/C12H19B/c1-2-3-4-12(13)11-8-9-5-6-10(11)7-9/h5-6,9-12H,2-4,7-8H2,1H3. The summed E-state index contributed by atoms with van der Waals surface area (Å²) in [5.74, 6) is 2.99. The minimum absolute atomic E-state index is 0.472. The molecule has 2 bridgehead atoms. The van der Waals surface area contributed by atoms with Gasteiger partial charge in [-0.25, -0.2) is 0 Å².